The van der Waals surface area contributed by atoms with E-state index in [1.165, 1.54) is 5.57 Å². The zero-order valence-electron chi connectivity index (χ0n) is 13.5. The molecule has 7 atom stereocenters. The van der Waals surface area contributed by atoms with Crippen LogP contribution in [0.4, 0.5) is 4.39 Å². The first kappa shape index (κ1) is 14.6. The second-order valence-electron chi connectivity index (χ2n) is 8.37. The van der Waals surface area contributed by atoms with Crippen LogP contribution in [0.15, 0.2) is 11.6 Å². The van der Waals surface area contributed by atoms with E-state index in [-0.39, 0.29) is 23.4 Å². The molecule has 4 rings (SSSR count). The topological polar surface area (TPSA) is 34.1 Å². The van der Waals surface area contributed by atoms with E-state index < -0.39 is 11.6 Å². The summed E-state index contributed by atoms with van der Waals surface area (Å²) in [5, 5.41) is 0. The van der Waals surface area contributed by atoms with Crippen LogP contribution in [-0.2, 0) is 9.59 Å². The van der Waals surface area contributed by atoms with E-state index in [4.69, 9.17) is 0 Å². The van der Waals surface area contributed by atoms with Gasteiger partial charge in [0, 0.05) is 24.2 Å². The van der Waals surface area contributed by atoms with Crippen LogP contribution in [0.5, 0.6) is 0 Å². The Balaban J connectivity index is 1.74. The molecule has 2 unspecified atom stereocenters. The molecule has 2 nitrogen and oxygen atoms in total. The van der Waals surface area contributed by atoms with Crippen molar-refractivity contribution in [2.45, 2.75) is 58.5 Å². The van der Waals surface area contributed by atoms with Crippen molar-refractivity contribution in [1.29, 1.82) is 0 Å². The summed E-state index contributed by atoms with van der Waals surface area (Å²) in [4.78, 5) is 24.1. The molecule has 0 heterocycles. The van der Waals surface area contributed by atoms with Crippen molar-refractivity contribution in [2.75, 3.05) is 0 Å². The number of hydrogen-bond donors (Lipinski definition) is 0. The van der Waals surface area contributed by atoms with E-state index in [9.17, 15) is 9.59 Å². The number of allylic oxidation sites excluding steroid dienone is 1. The first-order valence-corrected chi connectivity index (χ1v) is 8.82. The lowest BCUT2D eigenvalue weighted by atomic mass is 9.49. The molecule has 0 aliphatic heterocycles. The van der Waals surface area contributed by atoms with Gasteiger partial charge in [0.1, 0.15) is 12.0 Å². The van der Waals surface area contributed by atoms with Crippen molar-refractivity contribution in [2.24, 2.45) is 35.0 Å². The van der Waals surface area contributed by atoms with Gasteiger partial charge in [-0.05, 0) is 55.4 Å². The number of Topliss-reactive ketones (excluding diaryl/α,β-unsaturated/α-hetero) is 1. The molecule has 0 aromatic heterocycles. The zero-order chi connectivity index (χ0) is 15.6. The van der Waals surface area contributed by atoms with Gasteiger partial charge in [0.05, 0.1) is 0 Å². The smallest absolute Gasteiger partial charge is 0.155 e. The van der Waals surface area contributed by atoms with Gasteiger partial charge in [0.2, 0.25) is 0 Å². The van der Waals surface area contributed by atoms with Crippen LogP contribution in [0.1, 0.15) is 52.4 Å². The normalized spacial score (nSPS) is 51.0. The third-order valence-electron chi connectivity index (χ3n) is 7.29. The minimum atomic E-state index is -0.891. The standard InChI is InChI=1S/C19H25FO2/c1-10-7-11-8-12(21)3-4-13(11)18-15(20)9-19(2)14(17(10)18)5-6-16(19)22/h8,10,13-15,17-18H,3-7,9H2,1-2H3/t10?,13-,14-,15?,17-,18-,19-/m0/s1. The molecule has 0 spiro atoms. The summed E-state index contributed by atoms with van der Waals surface area (Å²) < 4.78 is 15.2. The van der Waals surface area contributed by atoms with E-state index in [1.807, 2.05) is 6.92 Å². The summed E-state index contributed by atoms with van der Waals surface area (Å²) in [7, 11) is 0. The lowest BCUT2D eigenvalue weighted by molar-refractivity contribution is -0.138. The first-order chi connectivity index (χ1) is 10.4. The van der Waals surface area contributed by atoms with Crippen molar-refractivity contribution < 1.29 is 14.0 Å². The predicted molar refractivity (Wildman–Crippen MR) is 81.9 cm³/mol. The maximum absolute atomic E-state index is 15.2. The molecule has 4 aliphatic carbocycles. The Labute approximate surface area is 131 Å². The highest BCUT2D eigenvalue weighted by molar-refractivity contribution is 5.91. The van der Waals surface area contributed by atoms with Crippen LogP contribution in [-0.4, -0.2) is 17.7 Å². The van der Waals surface area contributed by atoms with E-state index >= 15 is 4.39 Å². The third kappa shape index (κ3) is 1.83. The molecule has 4 aliphatic rings. The zero-order valence-corrected chi connectivity index (χ0v) is 13.5. The van der Waals surface area contributed by atoms with Gasteiger partial charge in [-0.15, -0.1) is 0 Å². The fraction of sp³-hybridized carbons (Fsp3) is 0.789. The SMILES string of the molecule is CC1CC2=CC(=O)CC[C@@H]2[C@H]2C(F)C[C@]3(C)C(=O)CC[C@H]3[C@H]12. The van der Waals surface area contributed by atoms with Gasteiger partial charge >= 0.3 is 0 Å². The summed E-state index contributed by atoms with van der Waals surface area (Å²) in [6, 6.07) is 0. The number of ketones is 2. The molecule has 0 aromatic carbocycles. The van der Waals surface area contributed by atoms with Crippen LogP contribution in [0.25, 0.3) is 0 Å². The van der Waals surface area contributed by atoms with E-state index in [2.05, 4.69) is 6.92 Å². The van der Waals surface area contributed by atoms with E-state index in [0.29, 0.717) is 37.0 Å². The molecular formula is C19H25FO2. The Morgan fingerprint density at radius 1 is 1.18 bits per heavy atom. The Hall–Kier alpha value is -0.990. The van der Waals surface area contributed by atoms with Gasteiger partial charge in [-0.1, -0.05) is 19.4 Å². The van der Waals surface area contributed by atoms with E-state index in [0.717, 1.165) is 19.3 Å². The Kier molecular flexibility index (Phi) is 3.15. The molecule has 0 radical (unpaired) electrons. The Bertz CT molecular complexity index is 566. The van der Waals surface area contributed by atoms with Gasteiger partial charge in [0.25, 0.3) is 0 Å². The van der Waals surface area contributed by atoms with Crippen molar-refractivity contribution >= 4 is 11.6 Å². The first-order valence-electron chi connectivity index (χ1n) is 8.82. The summed E-state index contributed by atoms with van der Waals surface area (Å²) in [6.07, 6.45) is 5.20. The van der Waals surface area contributed by atoms with Crippen molar-refractivity contribution in [3.63, 3.8) is 0 Å². The minimum absolute atomic E-state index is 0.0343. The highest BCUT2D eigenvalue weighted by Gasteiger charge is 2.61. The molecule has 0 bridgehead atoms. The molecule has 0 amide bonds. The van der Waals surface area contributed by atoms with Crippen LogP contribution in [0.2, 0.25) is 0 Å². The highest BCUT2D eigenvalue weighted by Crippen LogP contribution is 2.62. The molecule has 0 aromatic rings. The quantitative estimate of drug-likeness (QED) is 0.680. The summed E-state index contributed by atoms with van der Waals surface area (Å²) >= 11 is 0. The van der Waals surface area contributed by atoms with Crippen LogP contribution >= 0.6 is 0 Å². The van der Waals surface area contributed by atoms with Crippen molar-refractivity contribution in [3.05, 3.63) is 11.6 Å². The average Bonchev–Trinajstić information content (AvgIpc) is 2.74. The number of rotatable bonds is 0. The number of halogens is 1. The molecule has 0 saturated heterocycles. The summed E-state index contributed by atoms with van der Waals surface area (Å²) in [5.41, 5.74) is 0.765. The summed E-state index contributed by atoms with van der Waals surface area (Å²) in [5.74, 6) is 1.82. The minimum Gasteiger partial charge on any atom is -0.299 e. The van der Waals surface area contributed by atoms with Gasteiger partial charge in [0.15, 0.2) is 5.78 Å². The predicted octanol–water partition coefficient (Wildman–Crippen LogP) is 3.89. The lowest BCUT2D eigenvalue weighted by Crippen LogP contribution is -2.54. The monoisotopic (exact) mass is 304 g/mol. The van der Waals surface area contributed by atoms with Crippen LogP contribution in [0.3, 0.4) is 0 Å². The molecule has 120 valence electrons. The second-order valence-corrected chi connectivity index (χ2v) is 8.37. The number of fused-ring (bicyclic) bond motifs is 5. The number of carbonyl (C=O) groups excluding carboxylic acids is 2. The Morgan fingerprint density at radius 3 is 2.73 bits per heavy atom. The maximum atomic E-state index is 15.2. The molecule has 3 saturated carbocycles. The highest BCUT2D eigenvalue weighted by atomic mass is 19.1. The largest absolute Gasteiger partial charge is 0.299 e. The van der Waals surface area contributed by atoms with Crippen molar-refractivity contribution in [3.8, 4) is 0 Å². The molecule has 3 heteroatoms. The molecule has 22 heavy (non-hydrogen) atoms. The van der Waals surface area contributed by atoms with Gasteiger partial charge in [-0.25, -0.2) is 4.39 Å². The van der Waals surface area contributed by atoms with Gasteiger partial charge in [-0.2, -0.15) is 0 Å². The maximum Gasteiger partial charge on any atom is 0.155 e. The fourth-order valence-electron chi connectivity index (χ4n) is 6.35. The molecular weight excluding hydrogens is 279 g/mol. The Morgan fingerprint density at radius 2 is 1.95 bits per heavy atom. The van der Waals surface area contributed by atoms with Gasteiger partial charge < -0.3 is 0 Å². The van der Waals surface area contributed by atoms with Gasteiger partial charge in [-0.3, -0.25) is 9.59 Å². The number of alkyl halides is 1. The fourth-order valence-corrected chi connectivity index (χ4v) is 6.35. The molecule has 3 fully saturated rings. The number of hydrogen-bond acceptors (Lipinski definition) is 2. The van der Waals surface area contributed by atoms with Crippen LogP contribution < -0.4 is 0 Å². The third-order valence-corrected chi connectivity index (χ3v) is 7.29. The summed E-state index contributed by atoms with van der Waals surface area (Å²) in [6.45, 7) is 4.22. The number of carbonyl (C=O) groups is 2. The van der Waals surface area contributed by atoms with Crippen LogP contribution in [0, 0.1) is 35.0 Å². The average molecular weight is 304 g/mol. The van der Waals surface area contributed by atoms with Crippen molar-refractivity contribution in [1.82, 2.24) is 0 Å². The second kappa shape index (κ2) is 4.75. The van der Waals surface area contributed by atoms with E-state index in [1.54, 1.807) is 6.08 Å². The lowest BCUT2D eigenvalue weighted by Gasteiger charge is -2.55. The molecule has 0 N–H and O–H groups in total.